The van der Waals surface area contributed by atoms with Crippen LogP contribution in [0.5, 0.6) is 0 Å². The molecule has 2 aromatic rings. The van der Waals surface area contributed by atoms with Crippen LogP contribution in [0.1, 0.15) is 54.8 Å². The number of piperidine rings is 1. The van der Waals surface area contributed by atoms with Crippen LogP contribution in [0, 0.1) is 5.41 Å². The average molecular weight is 466 g/mol. The molecule has 0 saturated carbocycles. The molecule has 1 atom stereocenters. The molecule has 35 heavy (non-hydrogen) atoms. The average Bonchev–Trinajstić information content (AvgIpc) is 2.92. The Kier molecular flexibility index (Phi) is 5.56. The zero-order valence-corrected chi connectivity index (χ0v) is 20.0. The van der Waals surface area contributed by atoms with Crippen molar-refractivity contribution in [2.45, 2.75) is 44.6 Å². The van der Waals surface area contributed by atoms with Crippen molar-refractivity contribution in [3.8, 4) is 0 Å². The molecule has 1 unspecified atom stereocenters. The lowest BCUT2D eigenvalue weighted by molar-refractivity contribution is -0.173. The first kappa shape index (κ1) is 21.9. The topological polar surface area (TPSA) is 52.7 Å². The second-order valence-electron chi connectivity index (χ2n) is 9.98. The summed E-state index contributed by atoms with van der Waals surface area (Å²) >= 11 is 0. The predicted octanol–water partition coefficient (Wildman–Crippen LogP) is 6.08. The highest BCUT2D eigenvalue weighted by atomic mass is 16.2. The minimum Gasteiger partial charge on any atom is -0.324 e. The van der Waals surface area contributed by atoms with Crippen LogP contribution in [0.15, 0.2) is 78.5 Å². The number of likely N-dealkylation sites (tertiary alicyclic amines) is 2. The molecule has 5 heteroatoms. The molecule has 5 nitrogen and oxygen atoms in total. The lowest BCUT2D eigenvalue weighted by atomic mass is 9.62. The lowest BCUT2D eigenvalue weighted by Crippen LogP contribution is -2.66. The SMILES string of the molecule is O=C(Nc1cccc2c1CCC=C2)N1CCC2(CC1)C(=O)N(C1=CCCC=C1)C2c1ccccc1. The quantitative estimate of drug-likeness (QED) is 0.559. The number of allylic oxidation sites excluding steroid dienone is 4. The van der Waals surface area contributed by atoms with Gasteiger partial charge in [0.05, 0.1) is 11.5 Å². The van der Waals surface area contributed by atoms with E-state index in [9.17, 15) is 9.59 Å². The summed E-state index contributed by atoms with van der Waals surface area (Å²) in [6, 6.07) is 16.4. The highest BCUT2D eigenvalue weighted by Crippen LogP contribution is 2.57. The summed E-state index contributed by atoms with van der Waals surface area (Å²) in [5.41, 5.74) is 5.04. The van der Waals surface area contributed by atoms with Crippen molar-refractivity contribution in [1.29, 1.82) is 0 Å². The van der Waals surface area contributed by atoms with Gasteiger partial charge in [-0.1, -0.05) is 66.8 Å². The number of nitrogens with one attached hydrogen (secondary N) is 1. The van der Waals surface area contributed by atoms with Crippen LogP contribution in [-0.4, -0.2) is 34.8 Å². The maximum absolute atomic E-state index is 13.7. The molecule has 0 bridgehead atoms. The number of carbonyl (C=O) groups is 2. The number of hydrogen-bond acceptors (Lipinski definition) is 2. The van der Waals surface area contributed by atoms with Gasteiger partial charge in [-0.05, 0) is 67.4 Å². The molecule has 0 radical (unpaired) electrons. The molecular weight excluding hydrogens is 434 g/mol. The van der Waals surface area contributed by atoms with E-state index in [1.807, 2.05) is 40.1 Å². The summed E-state index contributed by atoms with van der Waals surface area (Å²) in [5, 5.41) is 3.16. The molecule has 2 aliphatic carbocycles. The Morgan fingerprint density at radius 1 is 0.914 bits per heavy atom. The normalized spacial score (nSPS) is 22.5. The Balaban J connectivity index is 1.20. The minimum absolute atomic E-state index is 0.0170. The van der Waals surface area contributed by atoms with E-state index in [4.69, 9.17) is 0 Å². The van der Waals surface area contributed by atoms with E-state index in [-0.39, 0.29) is 18.0 Å². The third-order valence-electron chi connectivity index (χ3n) is 8.05. The number of urea groups is 1. The number of rotatable bonds is 3. The predicted molar refractivity (Wildman–Crippen MR) is 139 cm³/mol. The van der Waals surface area contributed by atoms with Gasteiger partial charge in [0, 0.05) is 24.5 Å². The summed E-state index contributed by atoms with van der Waals surface area (Å²) in [4.78, 5) is 30.7. The van der Waals surface area contributed by atoms with Crippen molar-refractivity contribution < 1.29 is 9.59 Å². The number of β-lactam (4-membered cyclic amide) rings is 1. The molecule has 0 aromatic heterocycles. The third-order valence-corrected chi connectivity index (χ3v) is 8.05. The van der Waals surface area contributed by atoms with Gasteiger partial charge in [0.25, 0.3) is 0 Å². The van der Waals surface area contributed by atoms with Crippen molar-refractivity contribution >= 4 is 23.7 Å². The largest absolute Gasteiger partial charge is 0.324 e. The number of fused-ring (bicyclic) bond motifs is 1. The van der Waals surface area contributed by atoms with Crippen molar-refractivity contribution in [3.63, 3.8) is 0 Å². The second-order valence-corrected chi connectivity index (χ2v) is 9.98. The van der Waals surface area contributed by atoms with Gasteiger partial charge in [-0.3, -0.25) is 4.79 Å². The summed E-state index contributed by atoms with van der Waals surface area (Å²) in [5.74, 6) is 0.202. The van der Waals surface area contributed by atoms with E-state index < -0.39 is 5.41 Å². The fourth-order valence-corrected chi connectivity index (χ4v) is 6.19. The smallest absolute Gasteiger partial charge is 0.321 e. The summed E-state index contributed by atoms with van der Waals surface area (Å²) in [7, 11) is 0. The molecule has 2 heterocycles. The Morgan fingerprint density at radius 2 is 1.71 bits per heavy atom. The van der Waals surface area contributed by atoms with Gasteiger partial charge in [0.15, 0.2) is 0 Å². The molecule has 178 valence electrons. The Hall–Kier alpha value is -3.60. The zero-order chi connectivity index (χ0) is 23.8. The molecule has 4 aliphatic rings. The van der Waals surface area contributed by atoms with E-state index in [0.29, 0.717) is 25.9 Å². The number of anilines is 1. The van der Waals surface area contributed by atoms with Crippen LogP contribution in [0.3, 0.4) is 0 Å². The second kappa shape index (κ2) is 8.88. The first-order valence-electron chi connectivity index (χ1n) is 12.8. The van der Waals surface area contributed by atoms with E-state index in [2.05, 4.69) is 53.9 Å². The standard InChI is InChI=1S/C30H31N3O2/c34-28-30(27(23-11-3-1-4-12-23)33(28)24-14-5-2-6-15-24)18-20-32(21-19-30)29(35)31-26-17-9-13-22-10-7-8-16-25(22)26/h1,3-5,7,9-15,17,27H,2,6,8,16,18-21H2,(H,31,35). The zero-order valence-electron chi connectivity index (χ0n) is 20.0. The number of amides is 3. The van der Waals surface area contributed by atoms with Crippen LogP contribution in [0.25, 0.3) is 6.08 Å². The molecule has 2 fully saturated rings. The Labute approximate surface area is 206 Å². The van der Waals surface area contributed by atoms with Crippen LogP contribution in [0.4, 0.5) is 10.5 Å². The van der Waals surface area contributed by atoms with Crippen LogP contribution in [-0.2, 0) is 11.2 Å². The number of hydrogen-bond donors (Lipinski definition) is 1. The van der Waals surface area contributed by atoms with Crippen LogP contribution in [0.2, 0.25) is 0 Å². The fraction of sp³-hybridized carbons (Fsp3) is 0.333. The van der Waals surface area contributed by atoms with Crippen LogP contribution >= 0.6 is 0 Å². The van der Waals surface area contributed by atoms with Crippen molar-refractivity contribution in [2.24, 2.45) is 5.41 Å². The Bertz CT molecular complexity index is 1240. The number of nitrogens with zero attached hydrogens (tertiary/aromatic N) is 2. The maximum atomic E-state index is 13.7. The fourth-order valence-electron chi connectivity index (χ4n) is 6.19. The van der Waals surface area contributed by atoms with Gasteiger partial charge >= 0.3 is 6.03 Å². The molecule has 1 N–H and O–H groups in total. The molecule has 2 aliphatic heterocycles. The van der Waals surface area contributed by atoms with Crippen LogP contribution < -0.4 is 5.32 Å². The van der Waals surface area contributed by atoms with Gasteiger partial charge in [0.2, 0.25) is 5.91 Å². The molecule has 2 aromatic carbocycles. The lowest BCUT2D eigenvalue weighted by Gasteiger charge is -2.59. The van der Waals surface area contributed by atoms with E-state index >= 15 is 0 Å². The third kappa shape index (κ3) is 3.70. The first-order chi connectivity index (χ1) is 17.2. The molecule has 1 spiro atoms. The molecule has 2 saturated heterocycles. The van der Waals surface area contributed by atoms with Crippen molar-refractivity contribution in [2.75, 3.05) is 18.4 Å². The van der Waals surface area contributed by atoms with E-state index in [1.165, 1.54) is 16.7 Å². The van der Waals surface area contributed by atoms with Gasteiger partial charge in [-0.2, -0.15) is 0 Å². The number of carbonyl (C=O) groups excluding carboxylic acids is 2. The summed E-state index contributed by atoms with van der Waals surface area (Å²) < 4.78 is 0. The van der Waals surface area contributed by atoms with Gasteiger partial charge in [-0.15, -0.1) is 0 Å². The first-order valence-corrected chi connectivity index (χ1v) is 12.8. The maximum Gasteiger partial charge on any atom is 0.321 e. The summed E-state index contributed by atoms with van der Waals surface area (Å²) in [6.45, 7) is 1.16. The van der Waals surface area contributed by atoms with Crippen molar-refractivity contribution in [3.05, 3.63) is 95.2 Å². The monoisotopic (exact) mass is 465 g/mol. The van der Waals surface area contributed by atoms with Gasteiger partial charge < -0.3 is 15.1 Å². The highest BCUT2D eigenvalue weighted by Gasteiger charge is 2.62. The number of benzene rings is 2. The molecular formula is C30H31N3O2. The minimum atomic E-state index is -0.443. The Morgan fingerprint density at radius 3 is 2.49 bits per heavy atom. The van der Waals surface area contributed by atoms with E-state index in [0.717, 1.165) is 37.1 Å². The molecule has 6 rings (SSSR count). The van der Waals surface area contributed by atoms with Gasteiger partial charge in [-0.25, -0.2) is 4.79 Å². The van der Waals surface area contributed by atoms with Gasteiger partial charge in [0.1, 0.15) is 0 Å². The van der Waals surface area contributed by atoms with E-state index in [1.54, 1.807) is 0 Å². The highest BCUT2D eigenvalue weighted by molar-refractivity contribution is 5.94. The van der Waals surface area contributed by atoms with Crippen molar-refractivity contribution in [1.82, 2.24) is 9.80 Å². The summed E-state index contributed by atoms with van der Waals surface area (Å²) in [6.07, 6.45) is 16.0. The molecule has 3 amide bonds.